The topological polar surface area (TPSA) is 53.7 Å². The zero-order valence-electron chi connectivity index (χ0n) is 11.0. The maximum atomic E-state index is 13.9. The Morgan fingerprint density at radius 3 is 2.55 bits per heavy atom. The normalized spacial score (nSPS) is 13.1. The molecule has 1 heterocycles. The molecule has 0 atom stereocenters. The zero-order valence-corrected chi connectivity index (χ0v) is 11.0. The number of nitrogens with two attached hydrogens (primary N) is 1. The van der Waals surface area contributed by atoms with Gasteiger partial charge < -0.3 is 19.9 Å². The van der Waals surface area contributed by atoms with Gasteiger partial charge in [0.2, 0.25) is 0 Å². The number of benzene rings is 2. The van der Waals surface area contributed by atoms with Crippen molar-refractivity contribution >= 4 is 5.69 Å². The van der Waals surface area contributed by atoms with Crippen molar-refractivity contribution in [3.63, 3.8) is 0 Å². The van der Waals surface area contributed by atoms with E-state index in [1.165, 1.54) is 0 Å². The standard InChI is InChI=1S/C15H14FNO3/c1-9-3-2-4-11(15(9)16)20-12-8-14-13(7-10(12)17)18-5-6-19-14/h2-4,7-8H,5-6,17H2,1H3. The van der Waals surface area contributed by atoms with Gasteiger partial charge in [0, 0.05) is 12.1 Å². The molecule has 0 aromatic heterocycles. The summed E-state index contributed by atoms with van der Waals surface area (Å²) in [5.74, 6) is 1.20. The average molecular weight is 275 g/mol. The van der Waals surface area contributed by atoms with Gasteiger partial charge >= 0.3 is 0 Å². The monoisotopic (exact) mass is 275 g/mol. The summed E-state index contributed by atoms with van der Waals surface area (Å²) in [6.45, 7) is 2.63. The number of hydrogen-bond acceptors (Lipinski definition) is 4. The van der Waals surface area contributed by atoms with Crippen LogP contribution in [0, 0.1) is 12.7 Å². The van der Waals surface area contributed by atoms with Gasteiger partial charge in [-0.25, -0.2) is 4.39 Å². The Bertz CT molecular complexity index is 658. The van der Waals surface area contributed by atoms with Crippen molar-refractivity contribution in [2.75, 3.05) is 18.9 Å². The molecule has 0 unspecified atom stereocenters. The second-order valence-electron chi connectivity index (χ2n) is 4.52. The van der Waals surface area contributed by atoms with Gasteiger partial charge in [-0.1, -0.05) is 12.1 Å². The molecule has 0 bridgehead atoms. The Morgan fingerprint density at radius 2 is 1.80 bits per heavy atom. The molecule has 1 aliphatic rings. The molecule has 0 saturated carbocycles. The van der Waals surface area contributed by atoms with Crippen LogP contribution in [0.2, 0.25) is 0 Å². The molecule has 5 heteroatoms. The minimum Gasteiger partial charge on any atom is -0.486 e. The van der Waals surface area contributed by atoms with Gasteiger partial charge in [0.05, 0.1) is 5.69 Å². The first-order valence-corrected chi connectivity index (χ1v) is 6.27. The van der Waals surface area contributed by atoms with E-state index in [0.717, 1.165) is 0 Å². The average Bonchev–Trinajstić information content (AvgIpc) is 2.44. The van der Waals surface area contributed by atoms with Crippen LogP contribution in [-0.2, 0) is 0 Å². The number of fused-ring (bicyclic) bond motifs is 1. The first kappa shape index (κ1) is 12.6. The quantitative estimate of drug-likeness (QED) is 0.854. The lowest BCUT2D eigenvalue weighted by atomic mass is 10.2. The van der Waals surface area contributed by atoms with Crippen LogP contribution in [0.5, 0.6) is 23.0 Å². The lowest BCUT2D eigenvalue weighted by Crippen LogP contribution is -2.15. The van der Waals surface area contributed by atoms with E-state index >= 15 is 0 Å². The van der Waals surface area contributed by atoms with Crippen molar-refractivity contribution in [3.8, 4) is 23.0 Å². The molecule has 0 fully saturated rings. The fourth-order valence-electron chi connectivity index (χ4n) is 1.99. The highest BCUT2D eigenvalue weighted by molar-refractivity contribution is 5.63. The summed E-state index contributed by atoms with van der Waals surface area (Å²) in [5, 5.41) is 0. The number of nitrogen functional groups attached to an aromatic ring is 1. The van der Waals surface area contributed by atoms with Gasteiger partial charge in [-0.2, -0.15) is 0 Å². The van der Waals surface area contributed by atoms with Crippen LogP contribution in [-0.4, -0.2) is 13.2 Å². The van der Waals surface area contributed by atoms with Crippen molar-refractivity contribution in [3.05, 3.63) is 41.7 Å². The third-order valence-corrected chi connectivity index (χ3v) is 3.05. The van der Waals surface area contributed by atoms with E-state index in [1.54, 1.807) is 37.3 Å². The van der Waals surface area contributed by atoms with E-state index < -0.39 is 5.82 Å². The fraction of sp³-hybridized carbons (Fsp3) is 0.200. The van der Waals surface area contributed by atoms with Crippen molar-refractivity contribution < 1.29 is 18.6 Å². The van der Waals surface area contributed by atoms with Crippen molar-refractivity contribution in [2.45, 2.75) is 6.92 Å². The SMILES string of the molecule is Cc1cccc(Oc2cc3c(cc2N)OCCO3)c1F. The molecule has 2 N–H and O–H groups in total. The highest BCUT2D eigenvalue weighted by Gasteiger charge is 2.17. The van der Waals surface area contributed by atoms with E-state index in [2.05, 4.69) is 0 Å². The van der Waals surface area contributed by atoms with Crippen LogP contribution >= 0.6 is 0 Å². The van der Waals surface area contributed by atoms with Crippen molar-refractivity contribution in [1.29, 1.82) is 0 Å². The Labute approximate surface area is 115 Å². The number of halogens is 1. The summed E-state index contributed by atoms with van der Waals surface area (Å²) in [4.78, 5) is 0. The molecular weight excluding hydrogens is 261 g/mol. The molecule has 1 aliphatic heterocycles. The molecule has 2 aromatic rings. The number of hydrogen-bond donors (Lipinski definition) is 1. The molecule has 0 spiro atoms. The lowest BCUT2D eigenvalue weighted by molar-refractivity contribution is 0.171. The van der Waals surface area contributed by atoms with Gasteiger partial charge in [-0.05, 0) is 18.6 Å². The van der Waals surface area contributed by atoms with E-state index in [4.69, 9.17) is 19.9 Å². The summed E-state index contributed by atoms with van der Waals surface area (Å²) in [5.41, 5.74) is 6.78. The minimum absolute atomic E-state index is 0.133. The molecule has 0 saturated heterocycles. The Hall–Kier alpha value is -2.43. The van der Waals surface area contributed by atoms with E-state index in [0.29, 0.717) is 41.7 Å². The van der Waals surface area contributed by atoms with Crippen LogP contribution in [0.25, 0.3) is 0 Å². The number of anilines is 1. The molecular formula is C15H14FNO3. The lowest BCUT2D eigenvalue weighted by Gasteiger charge is -2.20. The van der Waals surface area contributed by atoms with Crippen LogP contribution in [0.4, 0.5) is 10.1 Å². The molecule has 0 aliphatic carbocycles. The van der Waals surface area contributed by atoms with Crippen LogP contribution in [0.3, 0.4) is 0 Å². The largest absolute Gasteiger partial charge is 0.486 e. The maximum absolute atomic E-state index is 13.9. The molecule has 3 rings (SSSR count). The third-order valence-electron chi connectivity index (χ3n) is 3.05. The van der Waals surface area contributed by atoms with Gasteiger partial charge in [0.15, 0.2) is 28.8 Å². The second-order valence-corrected chi connectivity index (χ2v) is 4.52. The van der Waals surface area contributed by atoms with Crippen LogP contribution < -0.4 is 19.9 Å². The van der Waals surface area contributed by atoms with E-state index in [9.17, 15) is 4.39 Å². The first-order valence-electron chi connectivity index (χ1n) is 6.27. The predicted molar refractivity (Wildman–Crippen MR) is 73.1 cm³/mol. The summed E-state index contributed by atoms with van der Waals surface area (Å²) in [6.07, 6.45) is 0. The maximum Gasteiger partial charge on any atom is 0.168 e. The summed E-state index contributed by atoms with van der Waals surface area (Å²) < 4.78 is 30.4. The second kappa shape index (κ2) is 4.92. The molecule has 0 amide bonds. The fourth-order valence-corrected chi connectivity index (χ4v) is 1.99. The Kier molecular flexibility index (Phi) is 3.10. The highest BCUT2D eigenvalue weighted by Crippen LogP contribution is 2.40. The Morgan fingerprint density at radius 1 is 1.10 bits per heavy atom. The Balaban J connectivity index is 1.96. The number of ether oxygens (including phenoxy) is 3. The number of rotatable bonds is 2. The zero-order chi connectivity index (χ0) is 14.1. The van der Waals surface area contributed by atoms with E-state index in [1.807, 2.05) is 0 Å². The smallest absolute Gasteiger partial charge is 0.168 e. The molecule has 104 valence electrons. The molecule has 0 radical (unpaired) electrons. The third kappa shape index (κ3) is 2.22. The summed E-state index contributed by atoms with van der Waals surface area (Å²) >= 11 is 0. The van der Waals surface area contributed by atoms with Crippen molar-refractivity contribution in [1.82, 2.24) is 0 Å². The highest BCUT2D eigenvalue weighted by atomic mass is 19.1. The van der Waals surface area contributed by atoms with Crippen molar-refractivity contribution in [2.24, 2.45) is 0 Å². The van der Waals surface area contributed by atoms with E-state index in [-0.39, 0.29) is 5.75 Å². The first-order chi connectivity index (χ1) is 9.65. The summed E-state index contributed by atoms with van der Waals surface area (Å²) in [7, 11) is 0. The number of aryl methyl sites for hydroxylation is 1. The predicted octanol–water partition coefficient (Wildman–Crippen LogP) is 3.28. The summed E-state index contributed by atoms with van der Waals surface area (Å²) in [6, 6.07) is 8.19. The van der Waals surface area contributed by atoms with Crippen LogP contribution in [0.1, 0.15) is 5.56 Å². The van der Waals surface area contributed by atoms with Gasteiger partial charge in [0.25, 0.3) is 0 Å². The van der Waals surface area contributed by atoms with Gasteiger partial charge in [-0.3, -0.25) is 0 Å². The molecule has 2 aromatic carbocycles. The van der Waals surface area contributed by atoms with Crippen LogP contribution in [0.15, 0.2) is 30.3 Å². The minimum atomic E-state index is -0.401. The van der Waals surface area contributed by atoms with Gasteiger partial charge in [0.1, 0.15) is 13.2 Å². The molecule has 4 nitrogen and oxygen atoms in total. The van der Waals surface area contributed by atoms with Gasteiger partial charge in [-0.15, -0.1) is 0 Å². The molecule has 20 heavy (non-hydrogen) atoms.